The molecule has 5 rings (SSSR count). The number of benzene rings is 3. The number of carbonyl (C=O) groups is 1. The highest BCUT2D eigenvalue weighted by atomic mass is 35.5. The summed E-state index contributed by atoms with van der Waals surface area (Å²) >= 11 is 6.20. The number of hydrogen-bond acceptors (Lipinski definition) is 4. The minimum Gasteiger partial charge on any atom is -0.495 e. The van der Waals surface area contributed by atoms with Crippen molar-refractivity contribution < 1.29 is 18.7 Å². The Bertz CT molecular complexity index is 1410. The summed E-state index contributed by atoms with van der Waals surface area (Å²) in [6, 6.07) is 19.7. The Labute approximate surface area is 213 Å². The lowest BCUT2D eigenvalue weighted by Gasteiger charge is -2.08. The van der Waals surface area contributed by atoms with Crippen molar-refractivity contribution in [2.75, 3.05) is 19.0 Å². The molecule has 6 nitrogen and oxygen atoms in total. The van der Waals surface area contributed by atoms with Gasteiger partial charge >= 0.3 is 0 Å². The number of nitrogens with zero attached hydrogens (tertiary/aromatic N) is 2. The molecule has 8 heteroatoms. The summed E-state index contributed by atoms with van der Waals surface area (Å²) in [4.78, 5) is 13.0. The van der Waals surface area contributed by atoms with E-state index in [1.165, 1.54) is 13.2 Å². The number of carbonyl (C=O) groups excluding carboxylic acids is 1. The third-order valence-electron chi connectivity index (χ3n) is 6.21. The fraction of sp³-hybridized carbons (Fsp3) is 0.214. The van der Waals surface area contributed by atoms with Crippen LogP contribution in [0, 0.1) is 11.7 Å². The van der Waals surface area contributed by atoms with Crippen LogP contribution < -0.4 is 14.8 Å². The van der Waals surface area contributed by atoms with Gasteiger partial charge in [0.15, 0.2) is 11.6 Å². The number of aromatic nitrogens is 2. The second kappa shape index (κ2) is 10.0. The summed E-state index contributed by atoms with van der Waals surface area (Å²) in [7, 11) is 1.54. The number of methoxy groups -OCH3 is 1. The van der Waals surface area contributed by atoms with E-state index in [1.54, 1.807) is 35.0 Å². The monoisotopic (exact) mass is 505 g/mol. The van der Waals surface area contributed by atoms with E-state index in [0.717, 1.165) is 11.3 Å². The third kappa shape index (κ3) is 4.79. The van der Waals surface area contributed by atoms with Gasteiger partial charge in [-0.15, -0.1) is 0 Å². The van der Waals surface area contributed by atoms with E-state index >= 15 is 0 Å². The molecule has 1 heterocycles. The molecule has 1 aromatic heterocycles. The van der Waals surface area contributed by atoms with Gasteiger partial charge in [-0.1, -0.05) is 29.8 Å². The van der Waals surface area contributed by atoms with Gasteiger partial charge in [0.1, 0.15) is 5.75 Å². The molecular weight excluding hydrogens is 481 g/mol. The molecule has 2 unspecified atom stereocenters. The average molecular weight is 506 g/mol. The second-order valence-corrected chi connectivity index (χ2v) is 8.99. The highest BCUT2D eigenvalue weighted by Crippen LogP contribution is 2.51. The van der Waals surface area contributed by atoms with Gasteiger partial charge in [-0.25, -0.2) is 9.07 Å². The van der Waals surface area contributed by atoms with Gasteiger partial charge in [0.2, 0.25) is 5.91 Å². The summed E-state index contributed by atoms with van der Waals surface area (Å²) in [5, 5.41) is 8.15. The molecule has 0 radical (unpaired) electrons. The number of para-hydroxylation sites is 1. The van der Waals surface area contributed by atoms with E-state index in [0.29, 0.717) is 40.7 Å². The predicted molar refractivity (Wildman–Crippen MR) is 138 cm³/mol. The summed E-state index contributed by atoms with van der Waals surface area (Å²) < 4.78 is 27.0. The van der Waals surface area contributed by atoms with Crippen LogP contribution in [-0.4, -0.2) is 29.4 Å². The van der Waals surface area contributed by atoms with Crippen molar-refractivity contribution in [2.45, 2.75) is 19.3 Å². The van der Waals surface area contributed by atoms with Crippen molar-refractivity contribution in [3.63, 3.8) is 0 Å². The van der Waals surface area contributed by atoms with Crippen LogP contribution in [0.4, 0.5) is 10.1 Å². The minimum atomic E-state index is -0.448. The van der Waals surface area contributed by atoms with Crippen molar-refractivity contribution in [1.82, 2.24) is 9.78 Å². The SMILES string of the molecule is CCOc1ccc(-c2nn(-c3ccccc3)cc2C2CC2C(=O)Nc2ccc(OC)c(Cl)c2)cc1F. The van der Waals surface area contributed by atoms with Gasteiger partial charge in [0.25, 0.3) is 0 Å². The standard InChI is InChI=1S/C28H25ClFN3O3/c1-3-36-26-11-9-17(13-24(26)30)27-22(16-33(32-27)19-7-5-4-6-8-19)20-15-21(20)28(34)31-18-10-12-25(35-2)23(29)14-18/h4-14,16,20-21H,3,15H2,1-2H3,(H,31,34). The average Bonchev–Trinajstić information content (AvgIpc) is 3.56. The van der Waals surface area contributed by atoms with Crippen molar-refractivity contribution in [3.8, 4) is 28.4 Å². The Morgan fingerprint density at radius 1 is 1.14 bits per heavy atom. The molecule has 1 saturated carbocycles. The maximum Gasteiger partial charge on any atom is 0.228 e. The van der Waals surface area contributed by atoms with E-state index in [9.17, 15) is 9.18 Å². The summed E-state index contributed by atoms with van der Waals surface area (Å²) in [5.74, 6) is -0.0772. The van der Waals surface area contributed by atoms with Crippen molar-refractivity contribution in [2.24, 2.45) is 5.92 Å². The van der Waals surface area contributed by atoms with Crippen molar-refractivity contribution >= 4 is 23.2 Å². The Morgan fingerprint density at radius 3 is 2.61 bits per heavy atom. The Hall–Kier alpha value is -3.84. The predicted octanol–water partition coefficient (Wildman–Crippen LogP) is 6.48. The lowest BCUT2D eigenvalue weighted by Crippen LogP contribution is -2.14. The van der Waals surface area contributed by atoms with E-state index in [4.69, 9.17) is 26.2 Å². The van der Waals surface area contributed by atoms with Gasteiger partial charge in [-0.3, -0.25) is 4.79 Å². The van der Waals surface area contributed by atoms with Crippen LogP contribution in [-0.2, 0) is 4.79 Å². The first kappa shape index (κ1) is 23.9. The number of rotatable bonds is 8. The number of nitrogens with one attached hydrogen (secondary N) is 1. The molecule has 3 aromatic carbocycles. The van der Waals surface area contributed by atoms with E-state index in [2.05, 4.69) is 5.32 Å². The molecule has 1 amide bonds. The summed E-state index contributed by atoms with van der Waals surface area (Å²) in [5.41, 5.74) is 3.66. The maximum atomic E-state index is 14.7. The zero-order valence-corrected chi connectivity index (χ0v) is 20.6. The maximum absolute atomic E-state index is 14.7. The normalized spacial score (nSPS) is 16.4. The zero-order chi connectivity index (χ0) is 25.2. The lowest BCUT2D eigenvalue weighted by molar-refractivity contribution is -0.117. The molecule has 2 atom stereocenters. The van der Waals surface area contributed by atoms with Crippen LogP contribution in [0.3, 0.4) is 0 Å². The van der Waals surface area contributed by atoms with Gasteiger partial charge in [0, 0.05) is 34.8 Å². The molecule has 0 bridgehead atoms. The Balaban J connectivity index is 1.43. The lowest BCUT2D eigenvalue weighted by atomic mass is 10.0. The molecule has 0 saturated heterocycles. The minimum absolute atomic E-state index is 0.0409. The van der Waals surface area contributed by atoms with Gasteiger partial charge < -0.3 is 14.8 Å². The van der Waals surface area contributed by atoms with Gasteiger partial charge in [-0.05, 0) is 61.9 Å². The number of hydrogen-bond donors (Lipinski definition) is 1. The van der Waals surface area contributed by atoms with Gasteiger partial charge in [0.05, 0.1) is 30.1 Å². The summed E-state index contributed by atoms with van der Waals surface area (Å²) in [6.07, 6.45) is 2.60. The number of ether oxygens (including phenoxy) is 2. The van der Waals surface area contributed by atoms with Crippen LogP contribution in [0.2, 0.25) is 5.02 Å². The van der Waals surface area contributed by atoms with Crippen molar-refractivity contribution in [3.05, 3.63) is 89.3 Å². The Kier molecular flexibility index (Phi) is 6.65. The number of amides is 1. The first-order valence-electron chi connectivity index (χ1n) is 11.7. The van der Waals surface area contributed by atoms with E-state index in [1.807, 2.05) is 43.5 Å². The number of halogens is 2. The molecule has 184 valence electrons. The fourth-order valence-electron chi connectivity index (χ4n) is 4.32. The number of anilines is 1. The van der Waals surface area contributed by atoms with Crippen LogP contribution in [0.25, 0.3) is 16.9 Å². The molecule has 0 spiro atoms. The topological polar surface area (TPSA) is 65.4 Å². The van der Waals surface area contributed by atoms with Crippen LogP contribution in [0.1, 0.15) is 24.8 Å². The molecule has 1 aliphatic rings. The molecule has 0 aliphatic heterocycles. The first-order valence-corrected chi connectivity index (χ1v) is 12.1. The van der Waals surface area contributed by atoms with Crippen molar-refractivity contribution in [1.29, 1.82) is 0 Å². The third-order valence-corrected chi connectivity index (χ3v) is 6.51. The quantitative estimate of drug-likeness (QED) is 0.297. The smallest absolute Gasteiger partial charge is 0.228 e. The fourth-order valence-corrected chi connectivity index (χ4v) is 4.58. The molecule has 1 fully saturated rings. The highest BCUT2D eigenvalue weighted by molar-refractivity contribution is 6.32. The second-order valence-electron chi connectivity index (χ2n) is 8.58. The zero-order valence-electron chi connectivity index (χ0n) is 19.9. The van der Waals surface area contributed by atoms with Crippen LogP contribution >= 0.6 is 11.6 Å². The van der Waals surface area contributed by atoms with E-state index < -0.39 is 5.82 Å². The molecule has 1 aliphatic carbocycles. The molecule has 36 heavy (non-hydrogen) atoms. The van der Waals surface area contributed by atoms with E-state index in [-0.39, 0.29) is 23.5 Å². The molecule has 4 aromatic rings. The molecule has 1 N–H and O–H groups in total. The Morgan fingerprint density at radius 2 is 1.92 bits per heavy atom. The summed E-state index contributed by atoms with van der Waals surface area (Å²) in [6.45, 7) is 2.19. The first-order chi connectivity index (χ1) is 17.5. The largest absolute Gasteiger partial charge is 0.495 e. The molecular formula is C28H25ClFN3O3. The van der Waals surface area contributed by atoms with Crippen LogP contribution in [0.15, 0.2) is 72.9 Å². The highest BCUT2D eigenvalue weighted by Gasteiger charge is 2.46. The van der Waals surface area contributed by atoms with Gasteiger partial charge in [-0.2, -0.15) is 5.10 Å². The van der Waals surface area contributed by atoms with Crippen LogP contribution in [0.5, 0.6) is 11.5 Å².